The Labute approximate surface area is 106 Å². The average Bonchev–Trinajstić information content (AvgIpc) is 2.95. The molecule has 1 fully saturated rings. The summed E-state index contributed by atoms with van der Waals surface area (Å²) in [5, 5.41) is 0.691. The van der Waals surface area contributed by atoms with Crippen molar-refractivity contribution >= 4 is 28.8 Å². The first-order valence-electron chi connectivity index (χ1n) is 5.26. The maximum atomic E-state index is 5.87. The SMILES string of the molecule is NC(=S)CC1(COc2cccc(Cl)c2)CC1. The van der Waals surface area contributed by atoms with E-state index in [0.29, 0.717) is 16.6 Å². The van der Waals surface area contributed by atoms with Crippen molar-refractivity contribution in [1.29, 1.82) is 0 Å². The molecule has 2 N–H and O–H groups in total. The van der Waals surface area contributed by atoms with Crippen molar-refractivity contribution in [2.24, 2.45) is 11.1 Å². The first kappa shape index (κ1) is 11.7. The van der Waals surface area contributed by atoms with Crippen LogP contribution in [0.15, 0.2) is 24.3 Å². The summed E-state index contributed by atoms with van der Waals surface area (Å²) in [7, 11) is 0. The van der Waals surface area contributed by atoms with E-state index in [4.69, 9.17) is 34.3 Å². The number of halogens is 1. The van der Waals surface area contributed by atoms with Gasteiger partial charge in [0.15, 0.2) is 0 Å². The van der Waals surface area contributed by atoms with Crippen LogP contribution in [0.3, 0.4) is 0 Å². The summed E-state index contributed by atoms with van der Waals surface area (Å²) in [4.78, 5) is 0.576. The van der Waals surface area contributed by atoms with Gasteiger partial charge in [-0.2, -0.15) is 0 Å². The second kappa shape index (κ2) is 4.60. The van der Waals surface area contributed by atoms with E-state index in [-0.39, 0.29) is 5.41 Å². The van der Waals surface area contributed by atoms with Crippen molar-refractivity contribution in [1.82, 2.24) is 0 Å². The number of hydrogen-bond acceptors (Lipinski definition) is 2. The Balaban J connectivity index is 1.90. The zero-order valence-corrected chi connectivity index (χ0v) is 10.5. The molecule has 4 heteroatoms. The van der Waals surface area contributed by atoms with Crippen molar-refractivity contribution in [2.75, 3.05) is 6.61 Å². The summed E-state index contributed by atoms with van der Waals surface area (Å²) < 4.78 is 5.72. The Kier molecular flexibility index (Phi) is 3.36. The van der Waals surface area contributed by atoms with Gasteiger partial charge >= 0.3 is 0 Å². The predicted molar refractivity (Wildman–Crippen MR) is 70.0 cm³/mol. The van der Waals surface area contributed by atoms with E-state index in [9.17, 15) is 0 Å². The Bertz CT molecular complexity index is 404. The predicted octanol–water partition coefficient (Wildman–Crippen LogP) is 3.18. The molecule has 0 heterocycles. The highest BCUT2D eigenvalue weighted by molar-refractivity contribution is 7.80. The molecule has 0 saturated heterocycles. The van der Waals surface area contributed by atoms with E-state index >= 15 is 0 Å². The molecule has 1 aromatic rings. The fraction of sp³-hybridized carbons (Fsp3) is 0.417. The molecule has 86 valence electrons. The van der Waals surface area contributed by atoms with Crippen LogP contribution in [0.4, 0.5) is 0 Å². The van der Waals surface area contributed by atoms with Gasteiger partial charge in [-0.05, 0) is 31.0 Å². The number of ether oxygens (including phenoxy) is 1. The highest BCUT2D eigenvalue weighted by Gasteiger charge is 2.43. The molecule has 1 aliphatic rings. The van der Waals surface area contributed by atoms with Crippen molar-refractivity contribution in [2.45, 2.75) is 19.3 Å². The molecule has 0 bridgehead atoms. The van der Waals surface area contributed by atoms with Crippen molar-refractivity contribution in [3.05, 3.63) is 29.3 Å². The Morgan fingerprint density at radius 3 is 2.81 bits per heavy atom. The minimum atomic E-state index is 0.189. The van der Waals surface area contributed by atoms with Gasteiger partial charge in [0.2, 0.25) is 0 Å². The van der Waals surface area contributed by atoms with Crippen LogP contribution in [0, 0.1) is 5.41 Å². The molecular weight excluding hydrogens is 242 g/mol. The van der Waals surface area contributed by atoms with Crippen molar-refractivity contribution in [3.63, 3.8) is 0 Å². The quantitative estimate of drug-likeness (QED) is 0.821. The monoisotopic (exact) mass is 255 g/mol. The van der Waals surface area contributed by atoms with Gasteiger partial charge in [0, 0.05) is 16.9 Å². The van der Waals surface area contributed by atoms with Crippen LogP contribution in [0.1, 0.15) is 19.3 Å². The number of nitrogens with two attached hydrogens (primary N) is 1. The molecule has 16 heavy (non-hydrogen) atoms. The molecule has 0 aliphatic heterocycles. The molecule has 2 rings (SSSR count). The first-order valence-corrected chi connectivity index (χ1v) is 6.05. The highest BCUT2D eigenvalue weighted by Crippen LogP contribution is 2.49. The largest absolute Gasteiger partial charge is 0.493 e. The lowest BCUT2D eigenvalue weighted by Gasteiger charge is -2.15. The van der Waals surface area contributed by atoms with Gasteiger partial charge in [-0.1, -0.05) is 29.9 Å². The minimum Gasteiger partial charge on any atom is -0.493 e. The maximum Gasteiger partial charge on any atom is 0.120 e. The standard InChI is InChI=1S/C12H14ClNOS/c13-9-2-1-3-10(6-9)15-8-12(4-5-12)7-11(14)16/h1-3,6H,4-5,7-8H2,(H2,14,16). The Morgan fingerprint density at radius 2 is 2.25 bits per heavy atom. The van der Waals surface area contributed by atoms with Crippen LogP contribution < -0.4 is 10.5 Å². The number of thiocarbonyl (C=S) groups is 1. The zero-order chi connectivity index (χ0) is 11.6. The van der Waals surface area contributed by atoms with E-state index in [0.717, 1.165) is 25.0 Å². The van der Waals surface area contributed by atoms with Crippen LogP contribution in [-0.4, -0.2) is 11.6 Å². The Hall–Kier alpha value is -0.800. The molecule has 1 saturated carbocycles. The van der Waals surface area contributed by atoms with E-state index in [1.807, 2.05) is 24.3 Å². The second-order valence-corrected chi connectivity index (χ2v) is 5.35. The van der Waals surface area contributed by atoms with Crippen LogP contribution in [0.5, 0.6) is 5.75 Å². The van der Waals surface area contributed by atoms with Crippen LogP contribution in [0.25, 0.3) is 0 Å². The Morgan fingerprint density at radius 1 is 1.50 bits per heavy atom. The van der Waals surface area contributed by atoms with E-state index in [2.05, 4.69) is 0 Å². The molecule has 0 amide bonds. The molecule has 1 aliphatic carbocycles. The van der Waals surface area contributed by atoms with Gasteiger partial charge in [-0.25, -0.2) is 0 Å². The second-order valence-electron chi connectivity index (χ2n) is 4.39. The van der Waals surface area contributed by atoms with Gasteiger partial charge in [0.1, 0.15) is 5.75 Å². The van der Waals surface area contributed by atoms with Gasteiger partial charge in [-0.3, -0.25) is 0 Å². The zero-order valence-electron chi connectivity index (χ0n) is 8.91. The van der Waals surface area contributed by atoms with Gasteiger partial charge in [-0.15, -0.1) is 0 Å². The molecule has 2 nitrogen and oxygen atoms in total. The fourth-order valence-electron chi connectivity index (χ4n) is 1.71. The minimum absolute atomic E-state index is 0.189. The third-order valence-electron chi connectivity index (χ3n) is 2.85. The topological polar surface area (TPSA) is 35.2 Å². The normalized spacial score (nSPS) is 16.8. The lowest BCUT2D eigenvalue weighted by molar-refractivity contribution is 0.239. The maximum absolute atomic E-state index is 5.87. The van der Waals surface area contributed by atoms with E-state index in [1.165, 1.54) is 0 Å². The van der Waals surface area contributed by atoms with Gasteiger partial charge in [0.05, 0.1) is 11.6 Å². The highest BCUT2D eigenvalue weighted by atomic mass is 35.5. The summed E-state index contributed by atoms with van der Waals surface area (Å²) in [5.74, 6) is 0.807. The number of rotatable bonds is 5. The third-order valence-corrected chi connectivity index (χ3v) is 3.23. The molecule has 0 aromatic heterocycles. The van der Waals surface area contributed by atoms with Crippen LogP contribution in [0.2, 0.25) is 5.02 Å². The van der Waals surface area contributed by atoms with Crippen LogP contribution in [-0.2, 0) is 0 Å². The van der Waals surface area contributed by atoms with Crippen molar-refractivity contribution in [3.8, 4) is 5.75 Å². The molecule has 0 spiro atoms. The fourth-order valence-corrected chi connectivity index (χ4v) is 2.20. The van der Waals surface area contributed by atoms with Crippen molar-refractivity contribution < 1.29 is 4.74 Å². The summed E-state index contributed by atoms with van der Waals surface area (Å²) in [6.07, 6.45) is 3.07. The molecule has 0 unspecified atom stereocenters. The number of hydrogen-bond donors (Lipinski definition) is 1. The van der Waals surface area contributed by atoms with Gasteiger partial charge < -0.3 is 10.5 Å². The first-order chi connectivity index (χ1) is 7.60. The van der Waals surface area contributed by atoms with E-state index in [1.54, 1.807) is 0 Å². The molecule has 0 atom stereocenters. The lowest BCUT2D eigenvalue weighted by Crippen LogP contribution is -2.20. The number of benzene rings is 1. The molecule has 1 aromatic carbocycles. The summed E-state index contributed by atoms with van der Waals surface area (Å²) in [5.41, 5.74) is 5.76. The smallest absolute Gasteiger partial charge is 0.120 e. The molecule has 0 radical (unpaired) electrons. The summed E-state index contributed by atoms with van der Waals surface area (Å²) >= 11 is 10.8. The summed E-state index contributed by atoms with van der Waals surface area (Å²) in [6, 6.07) is 7.43. The lowest BCUT2D eigenvalue weighted by atomic mass is 10.0. The average molecular weight is 256 g/mol. The summed E-state index contributed by atoms with van der Waals surface area (Å²) in [6.45, 7) is 0.671. The molecular formula is C12H14ClNOS. The van der Waals surface area contributed by atoms with E-state index < -0.39 is 0 Å². The van der Waals surface area contributed by atoms with Crippen LogP contribution >= 0.6 is 23.8 Å². The third kappa shape index (κ3) is 3.09. The van der Waals surface area contributed by atoms with Gasteiger partial charge in [0.25, 0.3) is 0 Å².